The number of phenolic OH excluding ortho intramolecular Hbond substituents is 1. The highest BCUT2D eigenvalue weighted by Crippen LogP contribution is 2.35. The van der Waals surface area contributed by atoms with Crippen molar-refractivity contribution in [1.29, 1.82) is 5.26 Å². The lowest BCUT2D eigenvalue weighted by atomic mass is 9.84. The maximum Gasteiger partial charge on any atom is 0.282 e. The molecule has 0 aromatic heterocycles. The predicted octanol–water partition coefficient (Wildman–Crippen LogP) is 3.93. The van der Waals surface area contributed by atoms with Gasteiger partial charge in [-0.15, -0.1) is 0 Å². The van der Waals surface area contributed by atoms with E-state index in [0.717, 1.165) is 34.2 Å². The highest BCUT2D eigenvalue weighted by Gasteiger charge is 2.22. The lowest BCUT2D eigenvalue weighted by Crippen LogP contribution is -2.21. The van der Waals surface area contributed by atoms with Crippen LogP contribution in [0.3, 0.4) is 0 Å². The minimum absolute atomic E-state index is 0.0372. The summed E-state index contributed by atoms with van der Waals surface area (Å²) in [5.74, 6) is 0.212. The molecule has 0 spiro atoms. The number of aryl methyl sites for hydroxylation is 1. The lowest BCUT2D eigenvalue weighted by Gasteiger charge is -2.20. The van der Waals surface area contributed by atoms with Gasteiger partial charge >= 0.3 is 0 Å². The van der Waals surface area contributed by atoms with E-state index in [4.69, 9.17) is 4.74 Å². The Morgan fingerprint density at radius 1 is 1.32 bits per heavy atom. The third-order valence-electron chi connectivity index (χ3n) is 4.51. The number of phenols is 1. The van der Waals surface area contributed by atoms with Gasteiger partial charge in [0.25, 0.3) is 5.91 Å². The fourth-order valence-corrected chi connectivity index (χ4v) is 3.53. The van der Waals surface area contributed by atoms with Crippen LogP contribution in [0.15, 0.2) is 51.5 Å². The van der Waals surface area contributed by atoms with Crippen molar-refractivity contribution < 1.29 is 14.6 Å². The van der Waals surface area contributed by atoms with Crippen LogP contribution < -0.4 is 10.2 Å². The number of nitrogens with one attached hydrogen (secondary N) is 1. The maximum atomic E-state index is 12.5. The van der Waals surface area contributed by atoms with E-state index in [0.29, 0.717) is 17.6 Å². The van der Waals surface area contributed by atoms with Crippen molar-refractivity contribution in [2.45, 2.75) is 19.3 Å². The van der Waals surface area contributed by atoms with Crippen molar-refractivity contribution in [3.8, 4) is 17.6 Å². The van der Waals surface area contributed by atoms with E-state index in [2.05, 4.69) is 26.5 Å². The maximum absolute atomic E-state index is 12.5. The van der Waals surface area contributed by atoms with E-state index in [1.165, 1.54) is 12.3 Å². The number of nitrogens with zero attached hydrogens (tertiary/aromatic N) is 2. The highest BCUT2D eigenvalue weighted by molar-refractivity contribution is 9.10. The van der Waals surface area contributed by atoms with Crippen LogP contribution in [0.25, 0.3) is 5.57 Å². The summed E-state index contributed by atoms with van der Waals surface area (Å²) in [4.78, 5) is 12.5. The second-order valence-corrected chi connectivity index (χ2v) is 7.16. The number of halogens is 1. The van der Waals surface area contributed by atoms with Gasteiger partial charge in [0.1, 0.15) is 23.1 Å². The number of carbonyl (C=O) groups excluding carboxylic acids is 1. The minimum atomic E-state index is -0.577. The smallest absolute Gasteiger partial charge is 0.282 e. The molecule has 2 aromatic carbocycles. The molecule has 2 N–H and O–H groups in total. The van der Waals surface area contributed by atoms with Gasteiger partial charge in [-0.1, -0.05) is 22.0 Å². The van der Waals surface area contributed by atoms with Crippen LogP contribution in [-0.2, 0) is 11.2 Å². The molecule has 1 amide bonds. The number of hydrogen-bond donors (Lipinski definition) is 2. The Kier molecular flexibility index (Phi) is 6.12. The fourth-order valence-electron chi connectivity index (χ4n) is 3.15. The van der Waals surface area contributed by atoms with Gasteiger partial charge in [-0.05, 0) is 66.3 Å². The van der Waals surface area contributed by atoms with E-state index < -0.39 is 5.91 Å². The Bertz CT molecular complexity index is 1020. The summed E-state index contributed by atoms with van der Waals surface area (Å²) in [7, 11) is 1.61. The minimum Gasteiger partial charge on any atom is -0.507 e. The number of carbonyl (C=O) groups is 1. The molecule has 1 aliphatic carbocycles. The van der Waals surface area contributed by atoms with Gasteiger partial charge in [0.2, 0.25) is 0 Å². The van der Waals surface area contributed by atoms with E-state index in [-0.39, 0.29) is 11.3 Å². The number of hydrogen-bond acceptors (Lipinski definition) is 5. The first-order valence-electron chi connectivity index (χ1n) is 8.66. The van der Waals surface area contributed by atoms with Crippen molar-refractivity contribution in [3.05, 3.63) is 63.1 Å². The van der Waals surface area contributed by atoms with Gasteiger partial charge in [-0.3, -0.25) is 4.79 Å². The number of rotatable bonds is 4. The predicted molar refractivity (Wildman–Crippen MR) is 110 cm³/mol. The molecular weight excluding hydrogens is 422 g/mol. The monoisotopic (exact) mass is 439 g/mol. The summed E-state index contributed by atoms with van der Waals surface area (Å²) in [6, 6.07) is 12.5. The summed E-state index contributed by atoms with van der Waals surface area (Å²) in [5, 5.41) is 23.3. The molecule has 7 heteroatoms. The molecule has 0 radical (unpaired) electrons. The van der Waals surface area contributed by atoms with E-state index in [1.807, 2.05) is 24.3 Å². The van der Waals surface area contributed by atoms with Crippen molar-refractivity contribution >= 4 is 33.6 Å². The summed E-state index contributed by atoms with van der Waals surface area (Å²) >= 11 is 3.31. The zero-order chi connectivity index (χ0) is 20.1. The number of fused-ring (bicyclic) bond motifs is 1. The first-order valence-corrected chi connectivity index (χ1v) is 9.45. The standard InChI is InChI=1S/C21H18BrN3O3/c1-28-16-6-7-17-13(10-16)3-2-4-18(17)19(11-23)21(27)25-24-12-14-9-15(22)5-8-20(14)26/h5-10,12,26H,2-4H2,1H3,(H,25,27)/b19-18+,24-12-. The second kappa shape index (κ2) is 8.72. The van der Waals surface area contributed by atoms with Crippen molar-refractivity contribution in [1.82, 2.24) is 5.43 Å². The average Bonchev–Trinajstić information content (AvgIpc) is 2.70. The van der Waals surface area contributed by atoms with Gasteiger partial charge < -0.3 is 9.84 Å². The normalized spacial score (nSPS) is 14.9. The Hall–Kier alpha value is -3.11. The molecule has 2 aromatic rings. The first-order chi connectivity index (χ1) is 13.5. The molecule has 0 saturated heterocycles. The Balaban J connectivity index is 1.86. The quantitative estimate of drug-likeness (QED) is 0.326. The molecule has 0 heterocycles. The second-order valence-electron chi connectivity index (χ2n) is 6.24. The van der Waals surface area contributed by atoms with Crippen molar-refractivity contribution in [3.63, 3.8) is 0 Å². The number of ether oxygens (including phenoxy) is 1. The van der Waals surface area contributed by atoms with Crippen LogP contribution in [0.1, 0.15) is 29.5 Å². The molecule has 6 nitrogen and oxygen atoms in total. The molecule has 0 atom stereocenters. The molecule has 0 unspecified atom stereocenters. The van der Waals surface area contributed by atoms with Crippen molar-refractivity contribution in [2.75, 3.05) is 7.11 Å². The molecule has 0 fully saturated rings. The number of aromatic hydroxyl groups is 1. The number of hydrazone groups is 1. The first kappa shape index (κ1) is 19.6. The van der Waals surface area contributed by atoms with Crippen LogP contribution in [0.5, 0.6) is 11.5 Å². The van der Waals surface area contributed by atoms with E-state index in [1.54, 1.807) is 19.2 Å². The summed E-state index contributed by atoms with van der Waals surface area (Å²) in [6.45, 7) is 0. The number of amides is 1. The van der Waals surface area contributed by atoms with Gasteiger partial charge in [-0.2, -0.15) is 10.4 Å². The third-order valence-corrected chi connectivity index (χ3v) is 5.00. The summed E-state index contributed by atoms with van der Waals surface area (Å²) < 4.78 is 6.03. The Morgan fingerprint density at radius 3 is 2.89 bits per heavy atom. The number of nitriles is 1. The zero-order valence-corrected chi connectivity index (χ0v) is 16.8. The molecule has 28 heavy (non-hydrogen) atoms. The van der Waals surface area contributed by atoms with Gasteiger partial charge in [0, 0.05) is 10.0 Å². The Labute approximate surface area is 171 Å². The number of benzene rings is 2. The lowest BCUT2D eigenvalue weighted by molar-refractivity contribution is -0.117. The third kappa shape index (κ3) is 4.24. The molecule has 1 aliphatic rings. The fraction of sp³-hybridized carbons (Fsp3) is 0.190. The molecule has 3 rings (SSSR count). The van der Waals surface area contributed by atoms with E-state index >= 15 is 0 Å². The Morgan fingerprint density at radius 2 is 2.14 bits per heavy atom. The topological polar surface area (TPSA) is 94.7 Å². The zero-order valence-electron chi connectivity index (χ0n) is 15.2. The van der Waals surface area contributed by atoms with Gasteiger partial charge in [-0.25, -0.2) is 5.43 Å². The largest absolute Gasteiger partial charge is 0.507 e. The SMILES string of the molecule is COc1ccc2c(c1)CCC/C2=C(/C#N)C(=O)N/N=C\c1cc(Br)ccc1O. The summed E-state index contributed by atoms with van der Waals surface area (Å²) in [6.07, 6.45) is 3.70. The average molecular weight is 440 g/mol. The van der Waals surface area contributed by atoms with Crippen LogP contribution in [0.4, 0.5) is 0 Å². The van der Waals surface area contributed by atoms with Crippen LogP contribution in [-0.4, -0.2) is 24.3 Å². The van der Waals surface area contributed by atoms with Crippen molar-refractivity contribution in [2.24, 2.45) is 5.10 Å². The van der Waals surface area contributed by atoms with Gasteiger partial charge in [0.15, 0.2) is 0 Å². The molecule has 142 valence electrons. The number of allylic oxidation sites excluding steroid dienone is 1. The van der Waals surface area contributed by atoms with Gasteiger partial charge in [0.05, 0.1) is 13.3 Å². The summed E-state index contributed by atoms with van der Waals surface area (Å²) in [5.41, 5.74) is 5.53. The van der Waals surface area contributed by atoms with Crippen LogP contribution in [0, 0.1) is 11.3 Å². The molecular formula is C21H18BrN3O3. The molecule has 0 bridgehead atoms. The van der Waals surface area contributed by atoms with E-state index in [9.17, 15) is 15.2 Å². The molecule has 0 saturated carbocycles. The van der Waals surface area contributed by atoms with Crippen LogP contribution >= 0.6 is 15.9 Å². The molecule has 0 aliphatic heterocycles. The van der Waals surface area contributed by atoms with Crippen LogP contribution in [0.2, 0.25) is 0 Å². The highest BCUT2D eigenvalue weighted by atomic mass is 79.9. The number of methoxy groups -OCH3 is 1.